The number of amides is 1. The molecule has 4 fully saturated rings. The van der Waals surface area contributed by atoms with Crippen LogP contribution in [-0.2, 0) is 42.8 Å². The number of aliphatic carboxylic acids is 1. The molecule has 7 unspecified atom stereocenters. The van der Waals surface area contributed by atoms with Crippen molar-refractivity contribution in [1.82, 2.24) is 5.32 Å². The predicted molar refractivity (Wildman–Crippen MR) is 187 cm³/mol. The van der Waals surface area contributed by atoms with E-state index in [1.54, 1.807) is 0 Å². The number of carbonyl (C=O) groups is 3. The largest absolute Gasteiger partial charge is 1.00 e. The van der Waals surface area contributed by atoms with Crippen LogP contribution in [0.1, 0.15) is 91.4 Å². The summed E-state index contributed by atoms with van der Waals surface area (Å²) in [5.41, 5.74) is 5.50. The van der Waals surface area contributed by atoms with Gasteiger partial charge in [-0.2, -0.15) is 0 Å². The molecular formula is C37H63N2NaO15. The number of carboxylic acids is 1. The minimum atomic E-state index is -1.63. The van der Waals surface area contributed by atoms with E-state index in [9.17, 15) is 45.0 Å². The second-order valence-corrected chi connectivity index (χ2v) is 15.4. The normalized spacial score (nSPS) is 37.8. The van der Waals surface area contributed by atoms with Crippen LogP contribution < -0.4 is 45.7 Å². The average Bonchev–Trinajstić information content (AvgIpc) is 3.15. The Morgan fingerprint density at radius 2 is 1.64 bits per heavy atom. The van der Waals surface area contributed by atoms with Gasteiger partial charge in [-0.25, -0.2) is 0 Å². The predicted octanol–water partition coefficient (Wildman–Crippen LogP) is -4.59. The first-order valence-corrected chi connectivity index (χ1v) is 19.7. The van der Waals surface area contributed by atoms with E-state index in [2.05, 4.69) is 5.32 Å². The van der Waals surface area contributed by atoms with Crippen LogP contribution in [0.3, 0.4) is 0 Å². The molecular weight excluding hydrogens is 735 g/mol. The molecule has 2 aliphatic carbocycles. The quantitative estimate of drug-likeness (QED) is 0.0479. The molecule has 2 saturated carbocycles. The molecule has 4 aliphatic rings. The molecule has 17 nitrogen and oxygen atoms in total. The number of hydrogen-bond acceptors (Lipinski definition) is 16. The van der Waals surface area contributed by atoms with Crippen molar-refractivity contribution in [2.24, 2.45) is 23.5 Å². The fourth-order valence-corrected chi connectivity index (χ4v) is 8.36. The Balaban J connectivity index is 0.00000812. The summed E-state index contributed by atoms with van der Waals surface area (Å²) in [6.45, 7) is 5.04. The van der Waals surface area contributed by atoms with Gasteiger partial charge < -0.3 is 74.9 Å². The van der Waals surface area contributed by atoms with Crippen LogP contribution in [0, 0.1) is 17.8 Å². The number of ether oxygens (including phenoxy) is 6. The van der Waals surface area contributed by atoms with Crippen LogP contribution in [0.5, 0.6) is 0 Å². The van der Waals surface area contributed by atoms with Gasteiger partial charge in [-0.15, -0.1) is 0 Å². The third-order valence-corrected chi connectivity index (χ3v) is 11.4. The smallest absolute Gasteiger partial charge is 0.547 e. The Morgan fingerprint density at radius 3 is 2.25 bits per heavy atom. The van der Waals surface area contributed by atoms with Gasteiger partial charge in [0.2, 0.25) is 5.91 Å². The molecule has 2 aliphatic heterocycles. The number of rotatable bonds is 19. The molecule has 0 aromatic carbocycles. The molecule has 0 radical (unpaired) electrons. The van der Waals surface area contributed by atoms with Crippen LogP contribution in [0.25, 0.3) is 0 Å². The number of nitrogens with two attached hydrogens (primary N) is 1. The molecule has 312 valence electrons. The molecule has 0 spiro atoms. The Kier molecular flexibility index (Phi) is 20.9. The molecule has 0 aromatic heterocycles. The van der Waals surface area contributed by atoms with Crippen molar-refractivity contribution in [3.63, 3.8) is 0 Å². The average molecular weight is 799 g/mol. The molecule has 18 heteroatoms. The Morgan fingerprint density at radius 1 is 0.927 bits per heavy atom. The number of nitrogens with one attached hydrogen (secondary N) is 1. The monoisotopic (exact) mass is 798 g/mol. The van der Waals surface area contributed by atoms with E-state index in [0.29, 0.717) is 39.0 Å². The van der Waals surface area contributed by atoms with Crippen LogP contribution in [0.4, 0.5) is 0 Å². The minimum Gasteiger partial charge on any atom is -0.547 e. The van der Waals surface area contributed by atoms with Crippen LogP contribution in [0.15, 0.2) is 0 Å². The maximum atomic E-state index is 13.6. The number of carboxylic acid groups (broad SMARTS) is 1. The summed E-state index contributed by atoms with van der Waals surface area (Å²) in [4.78, 5) is 38.7. The third-order valence-electron chi connectivity index (χ3n) is 11.4. The van der Waals surface area contributed by atoms with Gasteiger partial charge in [0, 0.05) is 32.4 Å². The number of Topliss-reactive ketones (excluding diaryl/α,β-unsaturated/α-hetero) is 1. The standard InChI is InChI=1S/C37H64N2O15.Na/c1-4-22-16-23(24(42)11-8-13-49-14-12-38)17-25(33(22)54-37-32(46)31(45)29(43)19(2)50-37)52-36-28(39-20(3)41)34(30(44)27(18-40)53-36)51-26(35(47)48)15-21-9-6-5-7-10-21;/h19,21-23,25-34,36-37,40,43-46H,4-18,38H2,1-3H3,(H,39,41)(H,47,48);/q;+1/p-1/t19?,22?,23?,25-,26+,27?,28?,29-,30+,31?,32+,33-,34?,36-,37+;/m1./s1. The Bertz CT molecular complexity index is 1180. The molecule has 2 heterocycles. The van der Waals surface area contributed by atoms with E-state index in [1.807, 2.05) is 6.92 Å². The van der Waals surface area contributed by atoms with E-state index in [4.69, 9.17) is 34.2 Å². The third kappa shape index (κ3) is 13.3. The SMILES string of the molecule is CCC1CC(C(=O)CCCOCCN)C[C@@H](O[C@@H]2OC(CO)[C@H](O)C(O[C@@H](CC3CCCCC3)C(=O)[O-])C2NC(C)=O)[C@@H]1O[C@@H]1OC(C)[C@@H](O)C(O)[C@@H]1O.[Na+]. The molecule has 15 atom stereocenters. The summed E-state index contributed by atoms with van der Waals surface area (Å²) >= 11 is 0. The summed E-state index contributed by atoms with van der Waals surface area (Å²) in [7, 11) is 0. The molecule has 2 saturated heterocycles. The van der Waals surface area contributed by atoms with Gasteiger partial charge in [0.05, 0.1) is 43.6 Å². The molecule has 55 heavy (non-hydrogen) atoms. The first-order chi connectivity index (χ1) is 25.8. The second-order valence-electron chi connectivity index (χ2n) is 15.4. The van der Waals surface area contributed by atoms with E-state index in [0.717, 1.165) is 32.1 Å². The number of aliphatic hydroxyl groups excluding tert-OH is 5. The Labute approximate surface area is 345 Å². The van der Waals surface area contributed by atoms with Crippen molar-refractivity contribution in [2.45, 2.75) is 171 Å². The summed E-state index contributed by atoms with van der Waals surface area (Å²) in [5.74, 6) is -2.88. The van der Waals surface area contributed by atoms with Crippen molar-refractivity contribution < 1.29 is 103 Å². The fraction of sp³-hybridized carbons (Fsp3) is 0.919. The summed E-state index contributed by atoms with van der Waals surface area (Å²) < 4.78 is 36.4. The van der Waals surface area contributed by atoms with Crippen molar-refractivity contribution in [3.8, 4) is 0 Å². The maximum absolute atomic E-state index is 13.6. The number of hydrogen-bond donors (Lipinski definition) is 7. The van der Waals surface area contributed by atoms with Gasteiger partial charge in [-0.3, -0.25) is 9.59 Å². The zero-order valence-electron chi connectivity index (χ0n) is 32.7. The molecule has 8 N–H and O–H groups in total. The van der Waals surface area contributed by atoms with Crippen molar-refractivity contribution in [2.75, 3.05) is 26.4 Å². The van der Waals surface area contributed by atoms with E-state index in [1.165, 1.54) is 13.8 Å². The van der Waals surface area contributed by atoms with E-state index in [-0.39, 0.29) is 66.4 Å². The van der Waals surface area contributed by atoms with Gasteiger partial charge in [-0.1, -0.05) is 45.4 Å². The number of ketones is 1. The minimum absolute atomic E-state index is 0. The zero-order chi connectivity index (χ0) is 39.5. The summed E-state index contributed by atoms with van der Waals surface area (Å²) in [5, 5.41) is 68.5. The fourth-order valence-electron chi connectivity index (χ4n) is 8.36. The molecule has 4 rings (SSSR count). The van der Waals surface area contributed by atoms with Gasteiger partial charge >= 0.3 is 29.6 Å². The van der Waals surface area contributed by atoms with Crippen LogP contribution >= 0.6 is 0 Å². The van der Waals surface area contributed by atoms with Gasteiger partial charge in [0.15, 0.2) is 12.6 Å². The Hall–Kier alpha value is -0.870. The maximum Gasteiger partial charge on any atom is 1.00 e. The summed E-state index contributed by atoms with van der Waals surface area (Å²) in [6.07, 6.45) is -9.51. The van der Waals surface area contributed by atoms with Gasteiger partial charge in [0.1, 0.15) is 48.4 Å². The van der Waals surface area contributed by atoms with E-state index < -0.39 is 104 Å². The van der Waals surface area contributed by atoms with Gasteiger partial charge in [0.25, 0.3) is 0 Å². The van der Waals surface area contributed by atoms with Crippen LogP contribution in [0.2, 0.25) is 0 Å². The van der Waals surface area contributed by atoms with Crippen molar-refractivity contribution >= 4 is 17.7 Å². The number of aliphatic hydroxyl groups is 5. The van der Waals surface area contributed by atoms with Crippen LogP contribution in [-0.4, -0.2) is 149 Å². The number of carbonyl (C=O) groups excluding carboxylic acids is 3. The first kappa shape index (κ1) is 48.5. The van der Waals surface area contributed by atoms with Crippen molar-refractivity contribution in [3.05, 3.63) is 0 Å². The molecule has 1 amide bonds. The zero-order valence-corrected chi connectivity index (χ0v) is 34.7. The van der Waals surface area contributed by atoms with Gasteiger partial charge in [-0.05, 0) is 44.4 Å². The molecule has 0 aromatic rings. The van der Waals surface area contributed by atoms with E-state index >= 15 is 0 Å². The molecule has 0 bridgehead atoms. The first-order valence-electron chi connectivity index (χ1n) is 19.7. The topological polar surface area (TPSA) is 269 Å². The summed E-state index contributed by atoms with van der Waals surface area (Å²) in [6, 6.07) is -1.29. The second kappa shape index (κ2) is 23.7. The van der Waals surface area contributed by atoms with Crippen molar-refractivity contribution in [1.29, 1.82) is 0 Å².